The second-order valence-electron chi connectivity index (χ2n) is 33.5. The Morgan fingerprint density at radius 3 is 0.968 bits per heavy atom. The topological polar surface area (TPSA) is 302 Å². The largest absolute Gasteiger partial charge is 0.369 e. The van der Waals surface area contributed by atoms with E-state index in [1.165, 1.54) is 0 Å². The van der Waals surface area contributed by atoms with Crippen molar-refractivity contribution in [1.82, 2.24) is 0 Å². The van der Waals surface area contributed by atoms with Crippen LogP contribution >= 0.6 is 81.2 Å². The lowest BCUT2D eigenvalue weighted by Gasteiger charge is -2.22. The van der Waals surface area contributed by atoms with Crippen LogP contribution in [0.2, 0.25) is 35.2 Å². The molecule has 0 radical (unpaired) electrons. The minimum absolute atomic E-state index is 0.240. The number of fused-ring (bicyclic) bond motifs is 14. The van der Waals surface area contributed by atoms with Crippen molar-refractivity contribution in [3.8, 4) is 0 Å². The van der Waals surface area contributed by atoms with Crippen LogP contribution in [-0.4, -0.2) is 41.4 Å². The van der Waals surface area contributed by atoms with Crippen molar-refractivity contribution >= 4 is 162 Å². The van der Waals surface area contributed by atoms with Gasteiger partial charge in [-0.15, -0.1) is 0 Å². The number of hydrogen-bond acceptors (Lipinski definition) is 7. The van der Waals surface area contributed by atoms with Crippen LogP contribution in [0.15, 0.2) is 136 Å². The van der Waals surface area contributed by atoms with Crippen LogP contribution in [0.5, 0.6) is 0 Å². The molecule has 7 aromatic rings. The lowest BCUT2D eigenvalue weighted by molar-refractivity contribution is -0.121. The summed E-state index contributed by atoms with van der Waals surface area (Å²) in [4.78, 5) is 82.1. The number of nitrogens with two attached hydrogens (primary N) is 7. The molecule has 0 saturated carbocycles. The molecule has 0 bridgehead atoms. The molecule has 0 spiro atoms. The van der Waals surface area contributed by atoms with Gasteiger partial charge in [0.1, 0.15) is 0 Å². The van der Waals surface area contributed by atoms with Crippen LogP contribution < -0.4 is 40.1 Å². The fourth-order valence-electron chi connectivity index (χ4n) is 20.2. The molecule has 0 heterocycles. The van der Waals surface area contributed by atoms with E-state index in [9.17, 15) is 33.6 Å². The molecule has 0 saturated heterocycles. The normalized spacial score (nSPS) is 26.9. The fourth-order valence-corrected chi connectivity index (χ4v) is 21.5. The zero-order valence-electron chi connectivity index (χ0n) is 87.4. The van der Waals surface area contributed by atoms with E-state index < -0.39 is 127 Å². The Morgan fingerprint density at radius 2 is 0.548 bits per heavy atom. The zero-order valence-corrected chi connectivity index (χ0v) is 74.7. The Kier molecular flexibility index (Phi) is 20.9. The summed E-state index contributed by atoms with van der Waals surface area (Å²) in [7, 11) is 0. The highest BCUT2D eigenvalue weighted by atomic mass is 35.5. The molecule has 14 aliphatic rings. The summed E-state index contributed by atoms with van der Waals surface area (Å²) in [5.41, 5.74) is 68.6. The van der Waals surface area contributed by atoms with Crippen LogP contribution in [0.3, 0.4) is 0 Å². The van der Waals surface area contributed by atoms with Gasteiger partial charge in [-0.05, 0) is 464 Å². The van der Waals surface area contributed by atoms with Gasteiger partial charge in [0, 0.05) is 54.3 Å². The summed E-state index contributed by atoms with van der Waals surface area (Å²) in [5, 5.41) is 3.78. The first kappa shape index (κ1) is 69.2. The summed E-state index contributed by atoms with van der Waals surface area (Å²) >= 11 is 42.8. The van der Waals surface area contributed by atoms with E-state index in [0.717, 1.165) is 178 Å². The fraction of sp³-hybridized carbons (Fsp3) is 0.388. The molecule has 14 N–H and O–H groups in total. The summed E-state index contributed by atoms with van der Waals surface area (Å²) in [6, 6.07) is 23.7. The quantitative estimate of drug-likeness (QED) is 0.0808. The molecule has 14 aliphatic carbocycles. The molecule has 124 heavy (non-hydrogen) atoms. The lowest BCUT2D eigenvalue weighted by atomic mass is 9.82. The number of amides is 7. The average molecular weight is 1820 g/mol. The summed E-state index contributed by atoms with van der Waals surface area (Å²) in [6.45, 7) is 9.52. The van der Waals surface area contributed by atoms with E-state index in [4.69, 9.17) is 146 Å². The first-order valence-corrected chi connectivity index (χ1v) is 44.3. The highest BCUT2D eigenvalue weighted by Crippen LogP contribution is 2.53. The molecule has 7 amide bonds. The summed E-state index contributed by atoms with van der Waals surface area (Å²) in [6.07, 6.45) is -1.42. The molecule has 7 atom stereocenters. The number of allylic oxidation sites excluding steroid dienone is 7. The Balaban J connectivity index is 0.000000125. The standard InChI is InChI=1S/5C15H16ClNO.2C14H14ClNO/c3*1-8-5-9-6-13-10(12(9)7-14(8)16)3-2-4-11(13)15(17)18;2*1-8-5-9(16)6-13-10-3-2-4-11(15(17)18)14(10)7-12(8)13;2*15-9-5-4-8-6-13-10(12(8)7-9)2-1-3-11(13)14(16)17/h3*5,7,11H,2-4,6H2,1H3,(H2,17,18);2*5-6,11H,2-4,7H2,1H3,(H2,17,18);2*4-5,7,11H,1-3,6H2,(H2,16,17)/i4D2,7D;4D2,5D;4D2;4D2,6D;4D2;3D2,7D;3D2. The Labute approximate surface area is 787 Å². The van der Waals surface area contributed by atoms with Crippen LogP contribution in [-0.2, 0) is 78.5 Å². The molecule has 0 fully saturated rings. The zero-order chi connectivity index (χ0) is 104. The van der Waals surface area contributed by atoms with Crippen LogP contribution in [0.4, 0.5) is 0 Å². The molecule has 0 aromatic heterocycles. The number of halogens is 7. The van der Waals surface area contributed by atoms with Crippen LogP contribution in [0, 0.1) is 76.0 Å². The first-order chi connectivity index (χ1) is 66.1. The number of aryl methyl sites for hydroxylation is 4. The van der Waals surface area contributed by atoms with E-state index in [1.807, 2.05) is 88.4 Å². The number of benzene rings is 7. The molecule has 14 nitrogen and oxygen atoms in total. The Hall–Kier alpha value is -8.96. The molecule has 7 aromatic carbocycles. The SMILES string of the molecule is [2H]C1([2H])CCC2=C(Cc3c(C)cc(Cl)cc32)C1C(N)=O.[2H]C1([2H])CCC2=C(Cc3cc(C)c(Cl)cc32)C1C(N)=O.[2H]C1([2H])CCC2=C(Cc3ccc(Cl)cc32)C1C(N)=O.[2H]c1c(C)c(Cl)cc2c1CC1=C2CCC([2H])([2H])C1C(N)=O.[2H]c1c(Cl)c(C)cc2c1C1=C(C2)C(C(N)=O)C([2H])([2H])CC1.[2H]c1c(Cl)cc(C)c2c1C1=C(C2)C(C(N)=O)C([2H])([2H])CC1.[2H]c1c(Cl)ccc2c1C1=C(C2)C(C(N)=O)C([2H])([2H])CC1. The third-order valence-corrected chi connectivity index (χ3v) is 28.0. The molecule has 0 aliphatic heterocycles. The van der Waals surface area contributed by atoms with Crippen molar-refractivity contribution in [1.29, 1.82) is 0 Å². The highest BCUT2D eigenvalue weighted by molar-refractivity contribution is 6.33. The van der Waals surface area contributed by atoms with Crippen molar-refractivity contribution in [3.63, 3.8) is 0 Å². The molecular formula is C103H108Cl7N7O7. The van der Waals surface area contributed by atoms with E-state index in [-0.39, 0.29) is 43.8 Å². The number of carbonyl (C=O) groups is 7. The van der Waals surface area contributed by atoms with Gasteiger partial charge in [0.15, 0.2) is 0 Å². The van der Waals surface area contributed by atoms with E-state index in [0.29, 0.717) is 156 Å². The number of carbonyl (C=O) groups excluding carboxylic acids is 7. The Morgan fingerprint density at radius 1 is 0.266 bits per heavy atom. The average Bonchev–Trinajstić information content (AvgIpc) is 1.58. The maximum atomic E-state index is 11.8. The minimum Gasteiger partial charge on any atom is -0.369 e. The Bertz CT molecular complexity index is 6920. The van der Waals surface area contributed by atoms with Gasteiger partial charge in [0.2, 0.25) is 41.4 Å². The monoisotopic (exact) mass is 1820 g/mol. The third-order valence-electron chi connectivity index (χ3n) is 25.9. The van der Waals surface area contributed by atoms with Gasteiger partial charge in [-0.2, -0.15) is 0 Å². The maximum Gasteiger partial charge on any atom is 0.224 e. The van der Waals surface area contributed by atoms with Crippen molar-refractivity contribution in [2.24, 2.45) is 81.6 Å². The molecule has 21 rings (SSSR count). The van der Waals surface area contributed by atoms with E-state index in [2.05, 4.69) is 0 Å². The van der Waals surface area contributed by atoms with Gasteiger partial charge in [-0.1, -0.05) is 112 Å². The number of rotatable bonds is 7. The van der Waals surface area contributed by atoms with Gasteiger partial charge in [0.05, 0.1) is 46.9 Å². The van der Waals surface area contributed by atoms with E-state index >= 15 is 0 Å². The smallest absolute Gasteiger partial charge is 0.224 e. The molecule has 7 unspecified atom stereocenters. The predicted molar refractivity (Wildman–Crippen MR) is 504 cm³/mol. The van der Waals surface area contributed by atoms with Crippen LogP contribution in [0.25, 0.3) is 39.0 Å². The van der Waals surface area contributed by atoms with Crippen molar-refractivity contribution in [2.45, 2.75) is 214 Å². The van der Waals surface area contributed by atoms with Gasteiger partial charge in [0.25, 0.3) is 0 Å². The molecule has 21 heteroatoms. The lowest BCUT2D eigenvalue weighted by Crippen LogP contribution is -2.27. The van der Waals surface area contributed by atoms with Crippen LogP contribution in [0.1, 0.15) is 265 Å². The third kappa shape index (κ3) is 18.2. The second-order valence-corrected chi connectivity index (χ2v) is 36.4. The number of primary amides is 7. The second kappa shape index (κ2) is 37.5. The molecular weight excluding hydrogens is 1700 g/mol. The highest BCUT2D eigenvalue weighted by Gasteiger charge is 2.41. The van der Waals surface area contributed by atoms with Gasteiger partial charge < -0.3 is 40.1 Å². The van der Waals surface area contributed by atoms with Gasteiger partial charge >= 0.3 is 0 Å². The van der Waals surface area contributed by atoms with E-state index in [1.54, 1.807) is 19.1 Å². The first-order valence-electron chi connectivity index (χ1n) is 50.7. The van der Waals surface area contributed by atoms with Crippen molar-refractivity contribution < 1.29 is 58.2 Å². The maximum absolute atomic E-state index is 11.8. The molecule has 646 valence electrons. The van der Waals surface area contributed by atoms with Crippen molar-refractivity contribution in [2.75, 3.05) is 0 Å². The predicted octanol–water partition coefficient (Wildman–Crippen LogP) is 22.1. The van der Waals surface area contributed by atoms with Gasteiger partial charge in [-0.3, -0.25) is 33.6 Å². The number of hydrogen-bond donors (Lipinski definition) is 7. The van der Waals surface area contributed by atoms with Crippen molar-refractivity contribution in [3.05, 3.63) is 277 Å². The minimum atomic E-state index is -1.62. The summed E-state index contributed by atoms with van der Waals surface area (Å²) < 4.78 is 146. The van der Waals surface area contributed by atoms with Gasteiger partial charge in [-0.25, -0.2) is 0 Å². The summed E-state index contributed by atoms with van der Waals surface area (Å²) in [5.74, 6) is -10.3.